The molecule has 0 amide bonds. The summed E-state index contributed by atoms with van der Waals surface area (Å²) in [5.41, 5.74) is 6.61. The van der Waals surface area contributed by atoms with Gasteiger partial charge in [-0.1, -0.05) is 0 Å². The molecule has 0 bridgehead atoms. The molecule has 5 nitrogen and oxygen atoms in total. The number of nitrogens with zero attached hydrogens (tertiary/aromatic N) is 1. The Morgan fingerprint density at radius 2 is 1.73 bits per heavy atom. The van der Waals surface area contributed by atoms with Crippen molar-refractivity contribution in [2.24, 2.45) is 0 Å². The fourth-order valence-electron chi connectivity index (χ4n) is 1.35. The van der Waals surface area contributed by atoms with E-state index in [2.05, 4.69) is 0 Å². The van der Waals surface area contributed by atoms with Crippen LogP contribution < -0.4 is 10.6 Å². The molecule has 1 rings (SSSR count). The number of nitrogens with two attached hydrogens (primary N) is 1. The summed E-state index contributed by atoms with van der Waals surface area (Å²) in [4.78, 5) is 1.79. The number of aromatic hydroxyl groups is 1. The first kappa shape index (κ1) is 11.6. The molecule has 0 fully saturated rings. The normalized spacial score (nSPS) is 10.3. The molecule has 0 aliphatic carbocycles. The van der Waals surface area contributed by atoms with Gasteiger partial charge in [-0.25, -0.2) is 0 Å². The smallest absolute Gasteiger partial charge is 0.138 e. The summed E-state index contributed by atoms with van der Waals surface area (Å²) < 4.78 is 0. The van der Waals surface area contributed by atoms with Crippen LogP contribution in [0.25, 0.3) is 0 Å². The second kappa shape index (κ2) is 5.43. The van der Waals surface area contributed by atoms with Crippen LogP contribution in [0.1, 0.15) is 0 Å². The minimum Gasteiger partial charge on any atom is -0.506 e. The lowest BCUT2D eigenvalue weighted by Crippen LogP contribution is -2.29. The summed E-state index contributed by atoms with van der Waals surface area (Å²) in [5.74, 6) is 0.0340. The molecule has 0 radical (unpaired) electrons. The van der Waals surface area contributed by atoms with Crippen LogP contribution in [0.15, 0.2) is 18.2 Å². The molecule has 0 saturated heterocycles. The zero-order chi connectivity index (χ0) is 11.3. The van der Waals surface area contributed by atoms with Crippen molar-refractivity contribution in [1.29, 1.82) is 0 Å². The quantitative estimate of drug-likeness (QED) is 0.400. The highest BCUT2D eigenvalue weighted by Gasteiger charge is 2.06. The SMILES string of the molecule is Nc1cc(N(CCO)CCO)ccc1O. The van der Waals surface area contributed by atoms with E-state index in [1.165, 1.54) is 6.07 Å². The molecule has 0 aliphatic heterocycles. The van der Waals surface area contributed by atoms with E-state index in [1.807, 2.05) is 0 Å². The molecule has 1 aromatic rings. The zero-order valence-electron chi connectivity index (χ0n) is 8.43. The number of rotatable bonds is 5. The highest BCUT2D eigenvalue weighted by Crippen LogP contribution is 2.25. The highest BCUT2D eigenvalue weighted by atomic mass is 16.3. The maximum Gasteiger partial charge on any atom is 0.138 e. The van der Waals surface area contributed by atoms with E-state index in [1.54, 1.807) is 17.0 Å². The standard InChI is InChI=1S/C10H16N2O3/c11-9-7-8(1-2-10(9)15)12(3-5-13)4-6-14/h1-2,7,13-15H,3-6,11H2. The minimum atomic E-state index is 0.000775. The third kappa shape index (κ3) is 3.00. The van der Waals surface area contributed by atoms with Gasteiger partial charge >= 0.3 is 0 Å². The molecule has 0 heterocycles. The van der Waals surface area contributed by atoms with Gasteiger partial charge in [0, 0.05) is 18.8 Å². The first-order chi connectivity index (χ1) is 7.19. The lowest BCUT2D eigenvalue weighted by atomic mass is 10.2. The fourth-order valence-corrected chi connectivity index (χ4v) is 1.35. The maximum absolute atomic E-state index is 9.24. The first-order valence-electron chi connectivity index (χ1n) is 4.74. The summed E-state index contributed by atoms with van der Waals surface area (Å²) in [6, 6.07) is 4.80. The van der Waals surface area contributed by atoms with Crippen LogP contribution in [-0.2, 0) is 0 Å². The number of benzene rings is 1. The predicted molar refractivity (Wildman–Crippen MR) is 58.9 cm³/mol. The average molecular weight is 212 g/mol. The van der Waals surface area contributed by atoms with Gasteiger partial charge in [-0.15, -0.1) is 0 Å². The van der Waals surface area contributed by atoms with E-state index in [0.29, 0.717) is 13.1 Å². The van der Waals surface area contributed by atoms with E-state index >= 15 is 0 Å². The van der Waals surface area contributed by atoms with Crippen LogP contribution in [0.2, 0.25) is 0 Å². The molecule has 84 valence electrons. The summed E-state index contributed by atoms with van der Waals surface area (Å²) >= 11 is 0. The number of anilines is 2. The topological polar surface area (TPSA) is 90.0 Å². The van der Waals surface area contributed by atoms with Crippen molar-refractivity contribution in [2.45, 2.75) is 0 Å². The maximum atomic E-state index is 9.24. The Morgan fingerprint density at radius 3 is 2.20 bits per heavy atom. The van der Waals surface area contributed by atoms with Crippen LogP contribution in [0.5, 0.6) is 5.75 Å². The van der Waals surface area contributed by atoms with Gasteiger partial charge in [-0.2, -0.15) is 0 Å². The molecule has 1 aromatic carbocycles. The van der Waals surface area contributed by atoms with Crippen LogP contribution >= 0.6 is 0 Å². The summed E-state index contributed by atoms with van der Waals surface area (Å²) in [7, 11) is 0. The van der Waals surface area contributed by atoms with Crippen molar-refractivity contribution in [3.05, 3.63) is 18.2 Å². The number of phenolic OH excluding ortho intramolecular Hbond substituents is 1. The van der Waals surface area contributed by atoms with Crippen molar-refractivity contribution in [3.63, 3.8) is 0 Å². The molecule has 0 unspecified atom stereocenters. The van der Waals surface area contributed by atoms with E-state index in [9.17, 15) is 5.11 Å². The fraction of sp³-hybridized carbons (Fsp3) is 0.400. The molecular formula is C10H16N2O3. The molecule has 0 atom stereocenters. The molecule has 5 N–H and O–H groups in total. The number of aliphatic hydroxyl groups is 2. The molecule has 15 heavy (non-hydrogen) atoms. The minimum absolute atomic E-state index is 0.000775. The van der Waals surface area contributed by atoms with Crippen molar-refractivity contribution >= 4 is 11.4 Å². The number of nitrogen functional groups attached to an aromatic ring is 1. The van der Waals surface area contributed by atoms with Crippen molar-refractivity contribution in [3.8, 4) is 5.75 Å². The van der Waals surface area contributed by atoms with Gasteiger partial charge < -0.3 is 26.0 Å². The Morgan fingerprint density at radius 1 is 1.13 bits per heavy atom. The van der Waals surface area contributed by atoms with Crippen LogP contribution in [-0.4, -0.2) is 41.6 Å². The van der Waals surface area contributed by atoms with Crippen molar-refractivity contribution < 1.29 is 15.3 Å². The van der Waals surface area contributed by atoms with Gasteiger partial charge in [0.25, 0.3) is 0 Å². The zero-order valence-corrected chi connectivity index (χ0v) is 8.43. The van der Waals surface area contributed by atoms with E-state index < -0.39 is 0 Å². The van der Waals surface area contributed by atoms with E-state index in [0.717, 1.165) is 5.69 Å². The first-order valence-corrected chi connectivity index (χ1v) is 4.74. The highest BCUT2D eigenvalue weighted by molar-refractivity contribution is 5.62. The Hall–Kier alpha value is -1.46. The van der Waals surface area contributed by atoms with Crippen LogP contribution in [0.3, 0.4) is 0 Å². The number of hydrogen-bond acceptors (Lipinski definition) is 5. The van der Waals surface area contributed by atoms with Gasteiger partial charge in [0.05, 0.1) is 18.9 Å². The second-order valence-electron chi connectivity index (χ2n) is 3.18. The van der Waals surface area contributed by atoms with Gasteiger partial charge in [0.2, 0.25) is 0 Å². The van der Waals surface area contributed by atoms with E-state index in [4.69, 9.17) is 15.9 Å². The van der Waals surface area contributed by atoms with Crippen LogP contribution in [0, 0.1) is 0 Å². The molecule has 0 spiro atoms. The number of aliphatic hydroxyl groups excluding tert-OH is 2. The second-order valence-corrected chi connectivity index (χ2v) is 3.18. The number of hydrogen-bond donors (Lipinski definition) is 4. The van der Waals surface area contributed by atoms with E-state index in [-0.39, 0.29) is 24.7 Å². The Kier molecular flexibility index (Phi) is 4.20. The summed E-state index contributed by atoms with van der Waals surface area (Å²) in [6.45, 7) is 0.844. The average Bonchev–Trinajstić information content (AvgIpc) is 2.22. The Labute approximate surface area is 88.4 Å². The Bertz CT molecular complexity index is 312. The van der Waals surface area contributed by atoms with Gasteiger partial charge in [0.15, 0.2) is 0 Å². The van der Waals surface area contributed by atoms with Crippen molar-refractivity contribution in [2.75, 3.05) is 36.9 Å². The van der Waals surface area contributed by atoms with Crippen molar-refractivity contribution in [1.82, 2.24) is 0 Å². The molecule has 5 heteroatoms. The van der Waals surface area contributed by atoms with Gasteiger partial charge in [-0.3, -0.25) is 0 Å². The lowest BCUT2D eigenvalue weighted by molar-refractivity contribution is 0.281. The third-order valence-electron chi connectivity index (χ3n) is 2.12. The predicted octanol–water partition coefficient (Wildman–Crippen LogP) is -0.235. The molecule has 0 aromatic heterocycles. The summed E-state index contributed by atoms with van der Waals surface area (Å²) in [6.07, 6.45) is 0. The largest absolute Gasteiger partial charge is 0.506 e. The summed E-state index contributed by atoms with van der Waals surface area (Å²) in [5, 5.41) is 26.9. The van der Waals surface area contributed by atoms with Gasteiger partial charge in [-0.05, 0) is 18.2 Å². The molecule has 0 saturated carbocycles. The number of phenols is 1. The Balaban J connectivity index is 2.85. The molecule has 0 aliphatic rings. The van der Waals surface area contributed by atoms with Gasteiger partial charge in [0.1, 0.15) is 5.75 Å². The van der Waals surface area contributed by atoms with Crippen LogP contribution in [0.4, 0.5) is 11.4 Å². The third-order valence-corrected chi connectivity index (χ3v) is 2.12. The lowest BCUT2D eigenvalue weighted by Gasteiger charge is -2.23. The monoisotopic (exact) mass is 212 g/mol. The molecular weight excluding hydrogens is 196 g/mol.